The molecule has 0 bridgehead atoms. The number of rotatable bonds is 9. The van der Waals surface area contributed by atoms with Crippen LogP contribution < -0.4 is 10.0 Å². The first kappa shape index (κ1) is 20.4. The lowest BCUT2D eigenvalue weighted by molar-refractivity contribution is -0.131. The van der Waals surface area contributed by atoms with E-state index in [0.717, 1.165) is 30.2 Å². The number of amides is 1. The van der Waals surface area contributed by atoms with E-state index in [1.54, 1.807) is 18.2 Å². The van der Waals surface area contributed by atoms with E-state index in [-0.39, 0.29) is 18.5 Å². The SMILES string of the molecule is CC(NCC(=O)N(Cc1ccccc1)C1CC1)c1cccc(NS(C)(=O)=O)c1. The van der Waals surface area contributed by atoms with Gasteiger partial charge in [-0.3, -0.25) is 9.52 Å². The number of hydrogen-bond donors (Lipinski definition) is 2. The molecule has 2 N–H and O–H groups in total. The summed E-state index contributed by atoms with van der Waals surface area (Å²) < 4.78 is 25.3. The standard InChI is InChI=1S/C21H27N3O3S/c1-16(18-9-6-10-19(13-18)23-28(2,26)27)22-14-21(25)24(20-11-12-20)15-17-7-4-3-5-8-17/h3-10,13,16,20,22-23H,11-12,14-15H2,1-2H3. The number of nitrogens with zero attached hydrogens (tertiary/aromatic N) is 1. The summed E-state index contributed by atoms with van der Waals surface area (Å²) in [5.74, 6) is 0.0867. The zero-order chi connectivity index (χ0) is 20.1. The third-order valence-corrected chi connectivity index (χ3v) is 5.36. The van der Waals surface area contributed by atoms with E-state index in [1.165, 1.54) is 0 Å². The molecule has 0 spiro atoms. The highest BCUT2D eigenvalue weighted by Crippen LogP contribution is 2.28. The summed E-state index contributed by atoms with van der Waals surface area (Å²) in [5.41, 5.74) is 2.57. The number of carbonyl (C=O) groups is 1. The highest BCUT2D eigenvalue weighted by atomic mass is 32.2. The molecule has 0 radical (unpaired) electrons. The van der Waals surface area contributed by atoms with Gasteiger partial charge in [0.05, 0.1) is 12.8 Å². The highest BCUT2D eigenvalue weighted by Gasteiger charge is 2.32. The zero-order valence-corrected chi connectivity index (χ0v) is 17.1. The average Bonchev–Trinajstić information content (AvgIpc) is 3.48. The minimum atomic E-state index is -3.32. The summed E-state index contributed by atoms with van der Waals surface area (Å²) in [6.07, 6.45) is 3.25. The molecule has 1 saturated carbocycles. The molecule has 2 aromatic rings. The Morgan fingerprint density at radius 1 is 1.14 bits per heavy atom. The van der Waals surface area contributed by atoms with Gasteiger partial charge in [0.1, 0.15) is 0 Å². The molecule has 1 aliphatic rings. The first-order valence-electron chi connectivity index (χ1n) is 9.46. The van der Waals surface area contributed by atoms with Crippen molar-refractivity contribution in [3.05, 3.63) is 65.7 Å². The lowest BCUT2D eigenvalue weighted by Crippen LogP contribution is -2.39. The monoisotopic (exact) mass is 401 g/mol. The normalized spacial score (nSPS) is 15.1. The largest absolute Gasteiger partial charge is 0.334 e. The maximum absolute atomic E-state index is 12.8. The smallest absolute Gasteiger partial charge is 0.237 e. The molecule has 1 unspecified atom stereocenters. The predicted octanol–water partition coefficient (Wildman–Crippen LogP) is 2.90. The number of carbonyl (C=O) groups excluding carboxylic acids is 1. The van der Waals surface area contributed by atoms with Gasteiger partial charge in [-0.1, -0.05) is 42.5 Å². The molecule has 6 nitrogen and oxygen atoms in total. The van der Waals surface area contributed by atoms with Crippen molar-refractivity contribution in [2.45, 2.75) is 38.4 Å². The number of anilines is 1. The van der Waals surface area contributed by atoms with Gasteiger partial charge >= 0.3 is 0 Å². The predicted molar refractivity (Wildman–Crippen MR) is 111 cm³/mol. The molecule has 1 aliphatic carbocycles. The minimum Gasteiger partial charge on any atom is -0.334 e. The van der Waals surface area contributed by atoms with Crippen LogP contribution in [0, 0.1) is 0 Å². The molecule has 1 atom stereocenters. The Morgan fingerprint density at radius 3 is 2.50 bits per heavy atom. The number of benzene rings is 2. The van der Waals surface area contributed by atoms with Crippen LogP contribution in [0.1, 0.15) is 36.9 Å². The molecule has 0 aliphatic heterocycles. The number of sulfonamides is 1. The van der Waals surface area contributed by atoms with E-state index in [1.807, 2.05) is 48.2 Å². The fraction of sp³-hybridized carbons (Fsp3) is 0.381. The lowest BCUT2D eigenvalue weighted by atomic mass is 10.1. The van der Waals surface area contributed by atoms with Crippen molar-refractivity contribution in [2.75, 3.05) is 17.5 Å². The van der Waals surface area contributed by atoms with Crippen LogP contribution in [0.25, 0.3) is 0 Å². The summed E-state index contributed by atoms with van der Waals surface area (Å²) in [7, 11) is -3.32. The van der Waals surface area contributed by atoms with Crippen molar-refractivity contribution in [3.8, 4) is 0 Å². The Labute approximate surface area is 167 Å². The highest BCUT2D eigenvalue weighted by molar-refractivity contribution is 7.92. The van der Waals surface area contributed by atoms with E-state index in [9.17, 15) is 13.2 Å². The van der Waals surface area contributed by atoms with Crippen molar-refractivity contribution in [1.29, 1.82) is 0 Å². The van der Waals surface area contributed by atoms with E-state index in [2.05, 4.69) is 10.0 Å². The molecular formula is C21H27N3O3S. The van der Waals surface area contributed by atoms with E-state index in [0.29, 0.717) is 18.3 Å². The van der Waals surface area contributed by atoms with Crippen LogP contribution in [0.3, 0.4) is 0 Å². The molecule has 2 aromatic carbocycles. The molecule has 28 heavy (non-hydrogen) atoms. The van der Waals surface area contributed by atoms with Gasteiger partial charge in [0.2, 0.25) is 15.9 Å². The molecule has 1 fully saturated rings. The van der Waals surface area contributed by atoms with Crippen molar-refractivity contribution < 1.29 is 13.2 Å². The van der Waals surface area contributed by atoms with Gasteiger partial charge in [0.25, 0.3) is 0 Å². The Bertz CT molecular complexity index is 912. The third-order valence-electron chi connectivity index (χ3n) is 4.75. The van der Waals surface area contributed by atoms with Gasteiger partial charge in [-0.15, -0.1) is 0 Å². The topological polar surface area (TPSA) is 78.5 Å². The fourth-order valence-corrected chi connectivity index (χ4v) is 3.69. The van der Waals surface area contributed by atoms with Crippen LogP contribution in [0.2, 0.25) is 0 Å². The average molecular weight is 402 g/mol. The lowest BCUT2D eigenvalue weighted by Gasteiger charge is -2.24. The van der Waals surface area contributed by atoms with Gasteiger partial charge in [0, 0.05) is 24.3 Å². The second-order valence-electron chi connectivity index (χ2n) is 7.34. The maximum Gasteiger partial charge on any atom is 0.237 e. The van der Waals surface area contributed by atoms with Gasteiger partial charge < -0.3 is 10.2 Å². The summed E-state index contributed by atoms with van der Waals surface area (Å²) in [6.45, 7) is 2.84. The summed E-state index contributed by atoms with van der Waals surface area (Å²) in [4.78, 5) is 14.7. The van der Waals surface area contributed by atoms with E-state index in [4.69, 9.17) is 0 Å². The fourth-order valence-electron chi connectivity index (χ4n) is 3.13. The van der Waals surface area contributed by atoms with Gasteiger partial charge in [-0.05, 0) is 43.0 Å². The van der Waals surface area contributed by atoms with Crippen LogP contribution in [0.15, 0.2) is 54.6 Å². The Morgan fingerprint density at radius 2 is 1.86 bits per heavy atom. The third kappa shape index (κ3) is 6.07. The second-order valence-corrected chi connectivity index (χ2v) is 9.09. The van der Waals surface area contributed by atoms with Crippen LogP contribution in [-0.4, -0.2) is 38.1 Å². The molecule has 0 heterocycles. The summed E-state index contributed by atoms with van der Waals surface area (Å²) >= 11 is 0. The summed E-state index contributed by atoms with van der Waals surface area (Å²) in [6, 6.07) is 17.5. The first-order chi connectivity index (χ1) is 13.3. The zero-order valence-electron chi connectivity index (χ0n) is 16.3. The number of nitrogens with one attached hydrogen (secondary N) is 2. The first-order valence-corrected chi connectivity index (χ1v) is 11.4. The molecule has 0 saturated heterocycles. The Hall–Kier alpha value is -2.38. The van der Waals surface area contributed by atoms with Crippen LogP contribution in [0.4, 0.5) is 5.69 Å². The van der Waals surface area contributed by atoms with Gasteiger partial charge in [-0.2, -0.15) is 0 Å². The van der Waals surface area contributed by atoms with Crippen LogP contribution in [-0.2, 0) is 21.4 Å². The molecule has 7 heteroatoms. The number of hydrogen-bond acceptors (Lipinski definition) is 4. The molecule has 150 valence electrons. The molecule has 1 amide bonds. The second kappa shape index (κ2) is 8.75. The minimum absolute atomic E-state index is 0.0805. The van der Waals surface area contributed by atoms with E-state index >= 15 is 0 Å². The van der Waals surface area contributed by atoms with Crippen molar-refractivity contribution in [2.24, 2.45) is 0 Å². The maximum atomic E-state index is 12.8. The quantitative estimate of drug-likeness (QED) is 0.677. The van der Waals surface area contributed by atoms with Crippen molar-refractivity contribution in [3.63, 3.8) is 0 Å². The Balaban J connectivity index is 1.59. The summed E-state index contributed by atoms with van der Waals surface area (Å²) in [5, 5.41) is 3.27. The molecule has 3 rings (SSSR count). The van der Waals surface area contributed by atoms with Gasteiger partial charge in [-0.25, -0.2) is 8.42 Å². The van der Waals surface area contributed by atoms with Crippen LogP contribution in [0.5, 0.6) is 0 Å². The molecular weight excluding hydrogens is 374 g/mol. The molecule has 0 aromatic heterocycles. The van der Waals surface area contributed by atoms with Gasteiger partial charge in [0.15, 0.2) is 0 Å². The van der Waals surface area contributed by atoms with E-state index < -0.39 is 10.0 Å². The van der Waals surface area contributed by atoms with Crippen LogP contribution >= 0.6 is 0 Å². The Kier molecular flexibility index (Phi) is 6.36. The van der Waals surface area contributed by atoms with Crippen molar-refractivity contribution >= 4 is 21.6 Å². The van der Waals surface area contributed by atoms with Crippen molar-refractivity contribution in [1.82, 2.24) is 10.2 Å².